The lowest BCUT2D eigenvalue weighted by Crippen LogP contribution is -2.07. The van der Waals surface area contributed by atoms with E-state index < -0.39 is 0 Å². The average molecular weight is 430 g/mol. The molecule has 1 aromatic heterocycles. The summed E-state index contributed by atoms with van der Waals surface area (Å²) >= 11 is 7.45. The number of halogens is 1. The average Bonchev–Trinajstić information content (AvgIpc) is 3.13. The maximum Gasteiger partial charge on any atom is 0.337 e. The van der Waals surface area contributed by atoms with Gasteiger partial charge in [-0.3, -0.25) is 4.57 Å². The Kier molecular flexibility index (Phi) is 7.32. The number of ether oxygens (including phenoxy) is 2. The molecule has 2 aromatic carbocycles. The third-order valence-electron chi connectivity index (χ3n) is 4.03. The lowest BCUT2D eigenvalue weighted by molar-refractivity contribution is 0.0600. The molecule has 3 aromatic rings. The fourth-order valence-electron chi connectivity index (χ4n) is 2.53. The van der Waals surface area contributed by atoms with Crippen LogP contribution in [0.3, 0.4) is 0 Å². The molecule has 0 saturated carbocycles. The SMILES string of the molecule is C=CCn1c(COc2ccc(Cl)cc2)nnc1SCc1ccc(C(=O)OC)cc1. The van der Waals surface area contributed by atoms with Crippen molar-refractivity contribution in [3.8, 4) is 5.75 Å². The third-order valence-corrected chi connectivity index (χ3v) is 5.32. The number of methoxy groups -OCH3 is 1. The van der Waals surface area contributed by atoms with Crippen molar-refractivity contribution in [2.45, 2.75) is 24.1 Å². The fraction of sp³-hybridized carbons (Fsp3) is 0.190. The van der Waals surface area contributed by atoms with Crippen LogP contribution in [0.25, 0.3) is 0 Å². The van der Waals surface area contributed by atoms with Gasteiger partial charge in [0.2, 0.25) is 0 Å². The van der Waals surface area contributed by atoms with Crippen molar-refractivity contribution in [3.05, 3.63) is 83.2 Å². The Bertz CT molecular complexity index is 972. The Labute approximate surface area is 178 Å². The standard InChI is InChI=1S/C21H20ClN3O3S/c1-3-12-25-19(13-28-18-10-8-17(22)9-11-18)23-24-21(25)29-14-15-4-6-16(7-5-15)20(26)27-2/h3-11H,1,12-14H2,2H3. The van der Waals surface area contributed by atoms with Crippen LogP contribution < -0.4 is 4.74 Å². The Morgan fingerprint density at radius 3 is 2.55 bits per heavy atom. The van der Waals surface area contributed by atoms with E-state index >= 15 is 0 Å². The van der Waals surface area contributed by atoms with E-state index in [1.165, 1.54) is 7.11 Å². The van der Waals surface area contributed by atoms with Crippen LogP contribution in [-0.4, -0.2) is 27.8 Å². The second-order valence-corrected chi connectivity index (χ2v) is 7.40. The topological polar surface area (TPSA) is 66.2 Å². The van der Waals surface area contributed by atoms with Crippen molar-refractivity contribution < 1.29 is 14.3 Å². The van der Waals surface area contributed by atoms with E-state index in [1.807, 2.05) is 28.8 Å². The van der Waals surface area contributed by atoms with Crippen LogP contribution in [0.4, 0.5) is 0 Å². The zero-order valence-corrected chi connectivity index (χ0v) is 17.4. The van der Waals surface area contributed by atoms with Gasteiger partial charge in [0.1, 0.15) is 12.4 Å². The van der Waals surface area contributed by atoms with E-state index in [0.717, 1.165) is 10.7 Å². The van der Waals surface area contributed by atoms with E-state index in [-0.39, 0.29) is 12.6 Å². The number of nitrogens with zero attached hydrogens (tertiary/aromatic N) is 3. The number of hydrogen-bond acceptors (Lipinski definition) is 6. The molecule has 0 N–H and O–H groups in total. The lowest BCUT2D eigenvalue weighted by Gasteiger charge is -2.09. The van der Waals surface area contributed by atoms with Gasteiger partial charge in [0.05, 0.1) is 12.7 Å². The van der Waals surface area contributed by atoms with Gasteiger partial charge in [-0.1, -0.05) is 41.6 Å². The number of hydrogen-bond donors (Lipinski definition) is 0. The molecule has 0 aliphatic rings. The molecule has 0 aliphatic carbocycles. The predicted octanol–water partition coefficient (Wildman–Crippen LogP) is 4.78. The first-order valence-corrected chi connectivity index (χ1v) is 10.2. The molecular weight excluding hydrogens is 410 g/mol. The van der Waals surface area contributed by atoms with Gasteiger partial charge in [0.15, 0.2) is 11.0 Å². The highest BCUT2D eigenvalue weighted by molar-refractivity contribution is 7.98. The first-order chi connectivity index (χ1) is 14.1. The summed E-state index contributed by atoms with van der Waals surface area (Å²) in [5.74, 6) is 1.76. The molecule has 6 nitrogen and oxygen atoms in total. The molecule has 0 unspecified atom stereocenters. The van der Waals surface area contributed by atoms with Gasteiger partial charge in [0, 0.05) is 17.3 Å². The van der Waals surface area contributed by atoms with E-state index in [9.17, 15) is 4.79 Å². The van der Waals surface area contributed by atoms with Crippen LogP contribution in [0, 0.1) is 0 Å². The summed E-state index contributed by atoms with van der Waals surface area (Å²) in [7, 11) is 1.37. The Hall–Kier alpha value is -2.77. The van der Waals surface area contributed by atoms with Gasteiger partial charge in [-0.15, -0.1) is 16.8 Å². The largest absolute Gasteiger partial charge is 0.486 e. The van der Waals surface area contributed by atoms with Crippen LogP contribution in [-0.2, 0) is 23.6 Å². The number of allylic oxidation sites excluding steroid dienone is 1. The number of esters is 1. The zero-order valence-electron chi connectivity index (χ0n) is 15.9. The minimum atomic E-state index is -0.347. The second-order valence-electron chi connectivity index (χ2n) is 6.02. The quantitative estimate of drug-likeness (QED) is 0.277. The summed E-state index contributed by atoms with van der Waals surface area (Å²) in [4.78, 5) is 11.5. The number of benzene rings is 2. The summed E-state index contributed by atoms with van der Waals surface area (Å²) in [5.41, 5.74) is 1.59. The molecule has 8 heteroatoms. The van der Waals surface area contributed by atoms with E-state index in [2.05, 4.69) is 16.8 Å². The lowest BCUT2D eigenvalue weighted by atomic mass is 10.1. The Morgan fingerprint density at radius 2 is 1.90 bits per heavy atom. The maximum absolute atomic E-state index is 11.5. The number of thioether (sulfide) groups is 1. The van der Waals surface area contributed by atoms with Crippen LogP contribution in [0.2, 0.25) is 5.02 Å². The Balaban J connectivity index is 1.65. The van der Waals surface area contributed by atoms with Crippen molar-refractivity contribution in [1.29, 1.82) is 0 Å². The Morgan fingerprint density at radius 1 is 1.17 bits per heavy atom. The molecule has 0 saturated heterocycles. The van der Waals surface area contributed by atoms with E-state index in [0.29, 0.717) is 34.5 Å². The normalized spacial score (nSPS) is 10.6. The summed E-state index contributed by atoms with van der Waals surface area (Å²) < 4.78 is 12.5. The molecule has 0 fully saturated rings. The van der Waals surface area contributed by atoms with Crippen molar-refractivity contribution >= 4 is 29.3 Å². The number of carbonyl (C=O) groups is 1. The molecule has 0 aliphatic heterocycles. The highest BCUT2D eigenvalue weighted by atomic mass is 35.5. The molecular formula is C21H20ClN3O3S. The van der Waals surface area contributed by atoms with Gasteiger partial charge in [-0.05, 0) is 42.0 Å². The van der Waals surface area contributed by atoms with Gasteiger partial charge in [-0.25, -0.2) is 4.79 Å². The van der Waals surface area contributed by atoms with Gasteiger partial charge >= 0.3 is 5.97 Å². The molecule has 0 radical (unpaired) electrons. The minimum Gasteiger partial charge on any atom is -0.486 e. The second kappa shape index (κ2) is 10.1. The predicted molar refractivity (Wildman–Crippen MR) is 113 cm³/mol. The molecule has 0 atom stereocenters. The molecule has 0 bridgehead atoms. The molecule has 3 rings (SSSR count). The number of aromatic nitrogens is 3. The van der Waals surface area contributed by atoms with E-state index in [4.69, 9.17) is 21.1 Å². The van der Waals surface area contributed by atoms with Crippen molar-refractivity contribution in [1.82, 2.24) is 14.8 Å². The first-order valence-electron chi connectivity index (χ1n) is 8.82. The molecule has 150 valence electrons. The van der Waals surface area contributed by atoms with Crippen LogP contribution in [0.5, 0.6) is 5.75 Å². The molecule has 0 spiro atoms. The van der Waals surface area contributed by atoms with Gasteiger partial charge in [-0.2, -0.15) is 0 Å². The number of carbonyl (C=O) groups excluding carboxylic acids is 1. The van der Waals surface area contributed by atoms with Crippen LogP contribution in [0.1, 0.15) is 21.7 Å². The monoisotopic (exact) mass is 429 g/mol. The minimum absolute atomic E-state index is 0.289. The summed E-state index contributed by atoms with van der Waals surface area (Å²) in [6.07, 6.45) is 1.80. The van der Waals surface area contributed by atoms with Gasteiger partial charge < -0.3 is 9.47 Å². The zero-order chi connectivity index (χ0) is 20.6. The van der Waals surface area contributed by atoms with Crippen molar-refractivity contribution in [3.63, 3.8) is 0 Å². The maximum atomic E-state index is 11.5. The van der Waals surface area contributed by atoms with Crippen LogP contribution in [0.15, 0.2) is 66.3 Å². The van der Waals surface area contributed by atoms with Crippen molar-refractivity contribution in [2.24, 2.45) is 0 Å². The highest BCUT2D eigenvalue weighted by Crippen LogP contribution is 2.23. The van der Waals surface area contributed by atoms with Crippen LogP contribution >= 0.6 is 23.4 Å². The summed E-state index contributed by atoms with van der Waals surface area (Å²) in [6.45, 7) is 4.68. The highest BCUT2D eigenvalue weighted by Gasteiger charge is 2.13. The fourth-order valence-corrected chi connectivity index (χ4v) is 3.58. The summed E-state index contributed by atoms with van der Waals surface area (Å²) in [6, 6.07) is 14.5. The number of rotatable bonds is 9. The molecule has 29 heavy (non-hydrogen) atoms. The molecule has 1 heterocycles. The van der Waals surface area contributed by atoms with Crippen molar-refractivity contribution in [2.75, 3.05) is 7.11 Å². The first kappa shape index (κ1) is 21.0. The molecule has 0 amide bonds. The van der Waals surface area contributed by atoms with E-state index in [1.54, 1.807) is 42.1 Å². The third kappa shape index (κ3) is 5.62. The smallest absolute Gasteiger partial charge is 0.337 e. The summed E-state index contributed by atoms with van der Waals surface area (Å²) in [5, 5.41) is 9.98. The van der Waals surface area contributed by atoms with Gasteiger partial charge in [0.25, 0.3) is 0 Å².